The summed E-state index contributed by atoms with van der Waals surface area (Å²) in [7, 11) is 1.34. The average Bonchev–Trinajstić information content (AvgIpc) is 2.50. The Kier molecular flexibility index (Phi) is 3.22. The van der Waals surface area contributed by atoms with Gasteiger partial charge in [-0.1, -0.05) is 24.3 Å². The first kappa shape index (κ1) is 13.4. The third-order valence-corrected chi connectivity index (χ3v) is 3.58. The molecule has 0 atom stereocenters. The molecule has 0 fully saturated rings. The van der Waals surface area contributed by atoms with E-state index in [1.54, 1.807) is 24.3 Å². The zero-order valence-electron chi connectivity index (χ0n) is 11.8. The Morgan fingerprint density at radius 1 is 1.19 bits per heavy atom. The molecule has 0 aliphatic rings. The molecule has 0 aliphatic heterocycles. The maximum Gasteiger partial charge on any atom is 0.310 e. The van der Waals surface area contributed by atoms with Gasteiger partial charge in [0.1, 0.15) is 11.2 Å². The molecule has 0 N–H and O–H groups in total. The fraction of sp³-hybridized carbons (Fsp3) is 0.176. The molecule has 1 heterocycles. The van der Waals surface area contributed by atoms with Crippen molar-refractivity contribution in [3.05, 3.63) is 57.7 Å². The van der Waals surface area contributed by atoms with Gasteiger partial charge in [-0.25, -0.2) is 0 Å². The minimum Gasteiger partial charge on any atom is -0.469 e. The molecule has 3 rings (SSSR count). The number of hydrogen-bond acceptors (Lipinski definition) is 4. The van der Waals surface area contributed by atoms with Gasteiger partial charge in [0.2, 0.25) is 5.43 Å². The molecule has 0 saturated heterocycles. The van der Waals surface area contributed by atoms with Crippen LogP contribution in [-0.2, 0) is 16.0 Å². The van der Waals surface area contributed by atoms with Gasteiger partial charge < -0.3 is 9.15 Å². The average molecular weight is 282 g/mol. The second-order valence-corrected chi connectivity index (χ2v) is 4.93. The molecule has 0 saturated carbocycles. The molecule has 0 amide bonds. The van der Waals surface area contributed by atoms with Gasteiger partial charge in [0.05, 0.1) is 24.3 Å². The fourth-order valence-corrected chi connectivity index (χ4v) is 2.48. The summed E-state index contributed by atoms with van der Waals surface area (Å²) in [4.78, 5) is 24.2. The van der Waals surface area contributed by atoms with Gasteiger partial charge in [-0.05, 0) is 24.6 Å². The number of ether oxygens (including phenoxy) is 1. The second kappa shape index (κ2) is 5.05. The number of carbonyl (C=O) groups excluding carboxylic acids is 1. The van der Waals surface area contributed by atoms with Crippen molar-refractivity contribution in [2.45, 2.75) is 13.3 Å². The lowest BCUT2D eigenvalue weighted by Gasteiger charge is -2.08. The molecule has 0 spiro atoms. The molecule has 4 heteroatoms. The number of fused-ring (bicyclic) bond motifs is 2. The van der Waals surface area contributed by atoms with Crippen LogP contribution < -0.4 is 5.43 Å². The summed E-state index contributed by atoms with van der Waals surface area (Å²) < 4.78 is 10.6. The zero-order chi connectivity index (χ0) is 15.0. The first-order chi connectivity index (χ1) is 10.1. The van der Waals surface area contributed by atoms with Gasteiger partial charge in [0.15, 0.2) is 0 Å². The summed E-state index contributed by atoms with van der Waals surface area (Å²) in [5.74, 6) is -0.365. The van der Waals surface area contributed by atoms with E-state index in [-0.39, 0.29) is 17.8 Å². The van der Waals surface area contributed by atoms with E-state index < -0.39 is 0 Å². The van der Waals surface area contributed by atoms with E-state index in [1.165, 1.54) is 7.11 Å². The first-order valence-corrected chi connectivity index (χ1v) is 6.62. The monoisotopic (exact) mass is 282 g/mol. The number of aryl methyl sites for hydroxylation is 1. The van der Waals surface area contributed by atoms with Crippen LogP contribution in [0.3, 0.4) is 0 Å². The number of rotatable bonds is 2. The number of methoxy groups -OCH3 is 1. The van der Waals surface area contributed by atoms with E-state index in [0.29, 0.717) is 27.5 Å². The standard InChI is InChI=1S/C17H14O4/c1-10-7-8-11(9-14(18)20-2)17-15(10)16(19)12-5-3-4-6-13(12)21-17/h3-8H,9H2,1-2H3. The summed E-state index contributed by atoms with van der Waals surface area (Å²) >= 11 is 0. The molecule has 0 bridgehead atoms. The van der Waals surface area contributed by atoms with E-state index in [0.717, 1.165) is 5.56 Å². The highest BCUT2D eigenvalue weighted by Crippen LogP contribution is 2.24. The van der Waals surface area contributed by atoms with Crippen LogP contribution in [0.15, 0.2) is 45.6 Å². The summed E-state index contributed by atoms with van der Waals surface area (Å²) in [5.41, 5.74) is 2.40. The minimum absolute atomic E-state index is 0.0731. The predicted octanol–water partition coefficient (Wildman–Crippen LogP) is 2.97. The van der Waals surface area contributed by atoms with Gasteiger partial charge in [-0.15, -0.1) is 0 Å². The van der Waals surface area contributed by atoms with Crippen LogP contribution in [-0.4, -0.2) is 13.1 Å². The maximum absolute atomic E-state index is 12.6. The van der Waals surface area contributed by atoms with Crippen molar-refractivity contribution in [2.75, 3.05) is 7.11 Å². The fourth-order valence-electron chi connectivity index (χ4n) is 2.48. The molecule has 0 aliphatic carbocycles. The number of para-hydroxylation sites is 1. The van der Waals surface area contributed by atoms with Crippen LogP contribution >= 0.6 is 0 Å². The van der Waals surface area contributed by atoms with Crippen LogP contribution in [0.4, 0.5) is 0 Å². The lowest BCUT2D eigenvalue weighted by Crippen LogP contribution is -2.09. The van der Waals surface area contributed by atoms with Crippen LogP contribution in [0.25, 0.3) is 21.9 Å². The maximum atomic E-state index is 12.6. The Labute approximate surface area is 120 Å². The smallest absolute Gasteiger partial charge is 0.310 e. The molecule has 0 radical (unpaired) electrons. The largest absolute Gasteiger partial charge is 0.469 e. The van der Waals surface area contributed by atoms with Crippen molar-refractivity contribution in [1.82, 2.24) is 0 Å². The highest BCUT2D eigenvalue weighted by molar-refractivity contribution is 5.94. The number of esters is 1. The Morgan fingerprint density at radius 2 is 1.95 bits per heavy atom. The normalized spacial score (nSPS) is 11.0. The van der Waals surface area contributed by atoms with Crippen LogP contribution in [0.2, 0.25) is 0 Å². The van der Waals surface area contributed by atoms with E-state index in [1.807, 2.05) is 19.1 Å². The molecule has 3 aromatic rings. The zero-order valence-corrected chi connectivity index (χ0v) is 11.8. The molecular weight excluding hydrogens is 268 g/mol. The Hall–Kier alpha value is -2.62. The van der Waals surface area contributed by atoms with Crippen LogP contribution in [0.5, 0.6) is 0 Å². The van der Waals surface area contributed by atoms with E-state index in [4.69, 9.17) is 9.15 Å². The lowest BCUT2D eigenvalue weighted by molar-refractivity contribution is -0.139. The number of benzene rings is 2. The van der Waals surface area contributed by atoms with E-state index in [2.05, 4.69) is 0 Å². The molecule has 1 aromatic heterocycles. The number of hydrogen-bond donors (Lipinski definition) is 0. The SMILES string of the molecule is COC(=O)Cc1ccc(C)c2c(=O)c3ccccc3oc12. The lowest BCUT2D eigenvalue weighted by atomic mass is 10.0. The number of carbonyl (C=O) groups is 1. The Bertz CT molecular complexity index is 906. The minimum atomic E-state index is -0.365. The topological polar surface area (TPSA) is 56.5 Å². The van der Waals surface area contributed by atoms with Crippen LogP contribution in [0, 0.1) is 6.92 Å². The van der Waals surface area contributed by atoms with Gasteiger partial charge in [0, 0.05) is 5.56 Å². The third kappa shape index (κ3) is 2.18. The molecule has 4 nitrogen and oxygen atoms in total. The molecular formula is C17H14O4. The van der Waals surface area contributed by atoms with Gasteiger partial charge in [0.25, 0.3) is 0 Å². The molecule has 21 heavy (non-hydrogen) atoms. The third-order valence-electron chi connectivity index (χ3n) is 3.58. The Balaban J connectivity index is 2.40. The predicted molar refractivity (Wildman–Crippen MR) is 80.4 cm³/mol. The highest BCUT2D eigenvalue weighted by atomic mass is 16.5. The van der Waals surface area contributed by atoms with Crippen molar-refractivity contribution in [3.63, 3.8) is 0 Å². The quantitative estimate of drug-likeness (QED) is 0.535. The first-order valence-electron chi connectivity index (χ1n) is 6.62. The summed E-state index contributed by atoms with van der Waals surface area (Å²) in [6, 6.07) is 10.7. The van der Waals surface area contributed by atoms with Gasteiger partial charge in [-0.3, -0.25) is 9.59 Å². The molecule has 0 unspecified atom stereocenters. The Morgan fingerprint density at radius 3 is 2.71 bits per heavy atom. The van der Waals surface area contributed by atoms with Crippen molar-refractivity contribution in [2.24, 2.45) is 0 Å². The van der Waals surface area contributed by atoms with Crippen molar-refractivity contribution < 1.29 is 13.9 Å². The van der Waals surface area contributed by atoms with E-state index in [9.17, 15) is 9.59 Å². The summed E-state index contributed by atoms with van der Waals surface area (Å²) in [5, 5.41) is 1.07. The van der Waals surface area contributed by atoms with Gasteiger partial charge >= 0.3 is 5.97 Å². The van der Waals surface area contributed by atoms with Crippen molar-refractivity contribution in [3.8, 4) is 0 Å². The van der Waals surface area contributed by atoms with Crippen molar-refractivity contribution >= 4 is 27.9 Å². The summed E-state index contributed by atoms with van der Waals surface area (Å²) in [6.45, 7) is 1.86. The van der Waals surface area contributed by atoms with Crippen LogP contribution in [0.1, 0.15) is 11.1 Å². The summed E-state index contributed by atoms with van der Waals surface area (Å²) in [6.07, 6.45) is 0.0779. The van der Waals surface area contributed by atoms with E-state index >= 15 is 0 Å². The second-order valence-electron chi connectivity index (χ2n) is 4.93. The van der Waals surface area contributed by atoms with Gasteiger partial charge in [-0.2, -0.15) is 0 Å². The highest BCUT2D eigenvalue weighted by Gasteiger charge is 2.15. The molecule has 106 valence electrons. The molecule has 2 aromatic carbocycles. The van der Waals surface area contributed by atoms with Crippen molar-refractivity contribution in [1.29, 1.82) is 0 Å².